The summed E-state index contributed by atoms with van der Waals surface area (Å²) in [6.07, 6.45) is 6.30. The van der Waals surface area contributed by atoms with Gasteiger partial charge in [-0.2, -0.15) is 11.8 Å². The van der Waals surface area contributed by atoms with Crippen LogP contribution in [0.5, 0.6) is 0 Å². The van der Waals surface area contributed by atoms with Gasteiger partial charge < -0.3 is 11.1 Å². The van der Waals surface area contributed by atoms with Crippen LogP contribution in [0.1, 0.15) is 12.8 Å². The van der Waals surface area contributed by atoms with Crippen LogP contribution >= 0.6 is 23.4 Å². The number of thioether (sulfide) groups is 1. The first-order chi connectivity index (χ1) is 7.15. The van der Waals surface area contributed by atoms with E-state index in [1.807, 2.05) is 11.8 Å². The lowest BCUT2D eigenvalue weighted by Gasteiger charge is -2.14. The van der Waals surface area contributed by atoms with Gasteiger partial charge in [0.2, 0.25) is 0 Å². The van der Waals surface area contributed by atoms with E-state index in [1.165, 1.54) is 12.8 Å². The summed E-state index contributed by atoms with van der Waals surface area (Å²) >= 11 is 7.68. The van der Waals surface area contributed by atoms with Gasteiger partial charge in [0, 0.05) is 17.5 Å². The number of pyridine rings is 1. The van der Waals surface area contributed by atoms with Crippen LogP contribution in [0.3, 0.4) is 0 Å². The predicted octanol–water partition coefficient (Wildman–Crippen LogP) is 2.62. The maximum absolute atomic E-state index is 5.80. The highest BCUT2D eigenvalue weighted by molar-refractivity contribution is 8.00. The number of hydrogen-bond acceptors (Lipinski definition) is 4. The molecule has 0 radical (unpaired) electrons. The van der Waals surface area contributed by atoms with Crippen molar-refractivity contribution in [1.82, 2.24) is 4.98 Å². The van der Waals surface area contributed by atoms with E-state index in [2.05, 4.69) is 16.6 Å². The van der Waals surface area contributed by atoms with E-state index in [0.29, 0.717) is 15.5 Å². The number of nitrogens with one attached hydrogen (secondary N) is 1. The Kier molecular flexibility index (Phi) is 2.98. The van der Waals surface area contributed by atoms with Crippen molar-refractivity contribution in [3.8, 4) is 0 Å². The lowest BCUT2D eigenvalue weighted by molar-refractivity contribution is 0.941. The SMILES string of the molecule is CSC1(CNc2ncc(Cl)cc2N)CC1. The van der Waals surface area contributed by atoms with Crippen LogP contribution in [0, 0.1) is 0 Å². The summed E-state index contributed by atoms with van der Waals surface area (Å²) in [7, 11) is 0. The zero-order chi connectivity index (χ0) is 10.9. The summed E-state index contributed by atoms with van der Waals surface area (Å²) in [5.74, 6) is 0.736. The molecule has 0 unspecified atom stereocenters. The molecule has 1 aliphatic rings. The number of nitrogen functional groups attached to an aromatic ring is 1. The van der Waals surface area contributed by atoms with Gasteiger partial charge in [-0.25, -0.2) is 4.98 Å². The molecule has 1 aromatic heterocycles. The van der Waals surface area contributed by atoms with Crippen LogP contribution in [-0.2, 0) is 0 Å². The van der Waals surface area contributed by atoms with E-state index in [1.54, 1.807) is 12.3 Å². The number of aromatic nitrogens is 1. The first-order valence-electron chi connectivity index (χ1n) is 4.85. The maximum Gasteiger partial charge on any atom is 0.149 e. The molecular weight excluding hydrogens is 230 g/mol. The number of hydrogen-bond donors (Lipinski definition) is 2. The third-order valence-electron chi connectivity index (χ3n) is 2.70. The summed E-state index contributed by atoms with van der Waals surface area (Å²) in [5, 5.41) is 3.85. The number of anilines is 2. The van der Waals surface area contributed by atoms with Crippen molar-refractivity contribution in [2.75, 3.05) is 23.9 Å². The van der Waals surface area contributed by atoms with Crippen LogP contribution < -0.4 is 11.1 Å². The Labute approximate surface area is 98.8 Å². The molecule has 0 bridgehead atoms. The fourth-order valence-corrected chi connectivity index (χ4v) is 2.33. The maximum atomic E-state index is 5.80. The fraction of sp³-hybridized carbons (Fsp3) is 0.500. The van der Waals surface area contributed by atoms with Gasteiger partial charge in [-0.3, -0.25) is 0 Å². The molecule has 0 atom stereocenters. The van der Waals surface area contributed by atoms with Crippen LogP contribution in [0.15, 0.2) is 12.3 Å². The molecule has 5 heteroatoms. The molecule has 3 N–H and O–H groups in total. The highest BCUT2D eigenvalue weighted by Crippen LogP contribution is 2.47. The van der Waals surface area contributed by atoms with Crippen LogP contribution in [0.25, 0.3) is 0 Å². The van der Waals surface area contributed by atoms with E-state index < -0.39 is 0 Å². The van der Waals surface area contributed by atoms with Gasteiger partial charge in [0.15, 0.2) is 0 Å². The van der Waals surface area contributed by atoms with E-state index >= 15 is 0 Å². The van der Waals surface area contributed by atoms with Crippen LogP contribution in [0.4, 0.5) is 11.5 Å². The van der Waals surface area contributed by atoms with Crippen molar-refractivity contribution in [3.63, 3.8) is 0 Å². The third kappa shape index (κ3) is 2.49. The summed E-state index contributed by atoms with van der Waals surface area (Å²) in [6, 6.07) is 1.72. The average molecular weight is 244 g/mol. The molecule has 0 aromatic carbocycles. The second-order valence-electron chi connectivity index (χ2n) is 3.83. The van der Waals surface area contributed by atoms with Gasteiger partial charge in [-0.05, 0) is 25.2 Å². The van der Waals surface area contributed by atoms with Gasteiger partial charge in [-0.1, -0.05) is 11.6 Å². The largest absolute Gasteiger partial charge is 0.396 e. The van der Waals surface area contributed by atoms with Gasteiger partial charge in [0.05, 0.1) is 10.7 Å². The minimum absolute atomic E-state index is 0.410. The normalized spacial score (nSPS) is 17.5. The van der Waals surface area contributed by atoms with Gasteiger partial charge in [0.1, 0.15) is 5.82 Å². The molecular formula is C10H14ClN3S. The molecule has 15 heavy (non-hydrogen) atoms. The Hall–Kier alpha value is -0.610. The second-order valence-corrected chi connectivity index (χ2v) is 5.54. The van der Waals surface area contributed by atoms with E-state index in [-0.39, 0.29) is 0 Å². The molecule has 0 aliphatic heterocycles. The van der Waals surface area contributed by atoms with E-state index in [9.17, 15) is 0 Å². The quantitative estimate of drug-likeness (QED) is 0.854. The van der Waals surface area contributed by atoms with Crippen LogP contribution in [-0.4, -0.2) is 22.5 Å². The number of halogens is 1. The minimum Gasteiger partial charge on any atom is -0.396 e. The molecule has 2 rings (SSSR count). The van der Waals surface area contributed by atoms with Gasteiger partial charge in [0.25, 0.3) is 0 Å². The first kappa shape index (κ1) is 10.9. The molecule has 1 fully saturated rings. The molecule has 0 amide bonds. The highest BCUT2D eigenvalue weighted by atomic mass is 35.5. The zero-order valence-electron chi connectivity index (χ0n) is 8.59. The Morgan fingerprint density at radius 1 is 1.67 bits per heavy atom. The number of nitrogens with zero attached hydrogens (tertiary/aromatic N) is 1. The van der Waals surface area contributed by atoms with Gasteiger partial charge >= 0.3 is 0 Å². The molecule has 3 nitrogen and oxygen atoms in total. The molecule has 82 valence electrons. The standard InChI is InChI=1S/C10H14ClN3S/c1-15-10(2-3-10)6-14-9-8(12)4-7(11)5-13-9/h4-5H,2-3,6,12H2,1H3,(H,13,14). The number of nitrogens with two attached hydrogens (primary N) is 1. The summed E-state index contributed by atoms with van der Waals surface area (Å²) < 4.78 is 0.410. The molecule has 1 aromatic rings. The van der Waals surface area contributed by atoms with Crippen molar-refractivity contribution in [2.24, 2.45) is 0 Å². The predicted molar refractivity (Wildman–Crippen MR) is 67.6 cm³/mol. The Bertz CT molecular complexity index is 366. The van der Waals surface area contributed by atoms with Crippen molar-refractivity contribution < 1.29 is 0 Å². The second kappa shape index (κ2) is 4.10. The average Bonchev–Trinajstić information content (AvgIpc) is 2.97. The molecule has 0 spiro atoms. The molecule has 1 saturated carbocycles. The van der Waals surface area contributed by atoms with Crippen molar-refractivity contribution in [1.29, 1.82) is 0 Å². The van der Waals surface area contributed by atoms with Gasteiger partial charge in [-0.15, -0.1) is 0 Å². The summed E-state index contributed by atoms with van der Waals surface area (Å²) in [5.41, 5.74) is 6.41. The third-order valence-corrected chi connectivity index (χ3v) is 4.33. The summed E-state index contributed by atoms with van der Waals surface area (Å²) in [6.45, 7) is 0.924. The number of rotatable bonds is 4. The van der Waals surface area contributed by atoms with Crippen LogP contribution in [0.2, 0.25) is 5.02 Å². The lowest BCUT2D eigenvalue weighted by Crippen LogP contribution is -2.18. The monoisotopic (exact) mass is 243 g/mol. The first-order valence-corrected chi connectivity index (χ1v) is 6.45. The fourth-order valence-electron chi connectivity index (χ4n) is 1.44. The smallest absolute Gasteiger partial charge is 0.149 e. The zero-order valence-corrected chi connectivity index (χ0v) is 10.2. The van der Waals surface area contributed by atoms with E-state index in [0.717, 1.165) is 12.4 Å². The highest BCUT2D eigenvalue weighted by Gasteiger charge is 2.41. The Morgan fingerprint density at radius 2 is 2.40 bits per heavy atom. The van der Waals surface area contributed by atoms with Crippen molar-refractivity contribution in [2.45, 2.75) is 17.6 Å². The minimum atomic E-state index is 0.410. The topological polar surface area (TPSA) is 50.9 Å². The Balaban J connectivity index is 1.99. The molecule has 0 saturated heterocycles. The van der Waals surface area contributed by atoms with Crippen molar-refractivity contribution >= 4 is 34.9 Å². The Morgan fingerprint density at radius 3 is 2.93 bits per heavy atom. The molecule has 1 aliphatic carbocycles. The molecule has 1 heterocycles. The van der Waals surface area contributed by atoms with Crippen molar-refractivity contribution in [3.05, 3.63) is 17.3 Å². The summed E-state index contributed by atoms with van der Waals surface area (Å²) in [4.78, 5) is 4.17. The lowest BCUT2D eigenvalue weighted by atomic mass is 10.3. The van der Waals surface area contributed by atoms with E-state index in [4.69, 9.17) is 17.3 Å².